The maximum absolute atomic E-state index is 13.4. The average Bonchev–Trinajstić information content (AvgIpc) is 2.32. The lowest BCUT2D eigenvalue weighted by Crippen LogP contribution is -2.23. The molecule has 0 aliphatic carbocycles. The van der Waals surface area contributed by atoms with Gasteiger partial charge in [-0.15, -0.1) is 0 Å². The Bertz CT molecular complexity index is 341. The van der Waals surface area contributed by atoms with Crippen LogP contribution < -0.4 is 5.32 Å². The number of nitrogens with one attached hydrogen (secondary N) is 1. The summed E-state index contributed by atoms with van der Waals surface area (Å²) < 4.78 is 18.8. The number of ether oxygens (including phenoxy) is 1. The first-order chi connectivity index (χ1) is 8.15. The van der Waals surface area contributed by atoms with Crippen LogP contribution >= 0.6 is 0 Å². The third kappa shape index (κ3) is 4.84. The van der Waals surface area contributed by atoms with Gasteiger partial charge in [0.15, 0.2) is 0 Å². The average molecular weight is 239 g/mol. The van der Waals surface area contributed by atoms with Crippen LogP contribution in [0.25, 0.3) is 0 Å². The fraction of sp³-hybridized carbons (Fsp3) is 0.571. The fourth-order valence-electron chi connectivity index (χ4n) is 1.59. The Morgan fingerprint density at radius 2 is 2.12 bits per heavy atom. The molecule has 1 N–H and O–H groups in total. The van der Waals surface area contributed by atoms with Crippen molar-refractivity contribution in [2.24, 2.45) is 0 Å². The molecule has 3 heteroatoms. The van der Waals surface area contributed by atoms with E-state index >= 15 is 0 Å². The zero-order valence-corrected chi connectivity index (χ0v) is 10.9. The van der Waals surface area contributed by atoms with Crippen molar-refractivity contribution < 1.29 is 9.13 Å². The molecule has 17 heavy (non-hydrogen) atoms. The summed E-state index contributed by atoms with van der Waals surface area (Å²) in [4.78, 5) is 0. The molecule has 0 aliphatic heterocycles. The Labute approximate surface area is 103 Å². The van der Waals surface area contributed by atoms with Crippen molar-refractivity contribution in [3.8, 4) is 0 Å². The summed E-state index contributed by atoms with van der Waals surface area (Å²) in [5, 5.41) is 3.31. The molecule has 0 saturated carbocycles. The van der Waals surface area contributed by atoms with Gasteiger partial charge in [0, 0.05) is 19.2 Å². The van der Waals surface area contributed by atoms with Crippen LogP contribution in [-0.4, -0.2) is 19.8 Å². The van der Waals surface area contributed by atoms with Crippen LogP contribution in [0.1, 0.15) is 37.4 Å². The van der Waals surface area contributed by atoms with E-state index in [1.165, 1.54) is 0 Å². The lowest BCUT2D eigenvalue weighted by molar-refractivity contribution is 0.135. The molecule has 2 nitrogen and oxygen atoms in total. The summed E-state index contributed by atoms with van der Waals surface area (Å²) >= 11 is 0. The minimum Gasteiger partial charge on any atom is -0.380 e. The van der Waals surface area contributed by atoms with Crippen LogP contribution in [0, 0.1) is 12.7 Å². The highest BCUT2D eigenvalue weighted by molar-refractivity contribution is 5.25. The molecule has 0 spiro atoms. The van der Waals surface area contributed by atoms with Gasteiger partial charge in [-0.3, -0.25) is 0 Å². The second-order valence-electron chi connectivity index (χ2n) is 4.30. The van der Waals surface area contributed by atoms with Gasteiger partial charge in [-0.05, 0) is 37.5 Å². The molecule has 1 rings (SSSR count). The lowest BCUT2D eigenvalue weighted by atomic mass is 10.1. The molecule has 1 aromatic rings. The van der Waals surface area contributed by atoms with Crippen LogP contribution in [-0.2, 0) is 4.74 Å². The van der Waals surface area contributed by atoms with Crippen molar-refractivity contribution >= 4 is 0 Å². The van der Waals surface area contributed by atoms with Gasteiger partial charge in [0.2, 0.25) is 0 Å². The maximum atomic E-state index is 13.4. The number of rotatable bonds is 7. The minimum atomic E-state index is -0.140. The topological polar surface area (TPSA) is 21.3 Å². The first-order valence-electron chi connectivity index (χ1n) is 6.22. The molecule has 1 unspecified atom stereocenters. The first kappa shape index (κ1) is 14.1. The van der Waals surface area contributed by atoms with Crippen LogP contribution in [0.4, 0.5) is 4.39 Å². The van der Waals surface area contributed by atoms with E-state index in [1.807, 2.05) is 19.1 Å². The summed E-state index contributed by atoms with van der Waals surface area (Å²) in [6, 6.07) is 5.52. The van der Waals surface area contributed by atoms with E-state index in [1.54, 1.807) is 13.0 Å². The van der Waals surface area contributed by atoms with Gasteiger partial charge < -0.3 is 10.1 Å². The monoisotopic (exact) mass is 239 g/mol. The summed E-state index contributed by atoms with van der Waals surface area (Å²) in [7, 11) is 0. The van der Waals surface area contributed by atoms with E-state index in [-0.39, 0.29) is 11.9 Å². The van der Waals surface area contributed by atoms with E-state index < -0.39 is 0 Å². The molecule has 0 bridgehead atoms. The Morgan fingerprint density at radius 3 is 2.76 bits per heavy atom. The number of aryl methyl sites for hydroxylation is 1. The third-order valence-electron chi connectivity index (χ3n) is 2.74. The molecule has 0 heterocycles. The Hall–Kier alpha value is -0.930. The molecular weight excluding hydrogens is 217 g/mol. The number of hydrogen-bond acceptors (Lipinski definition) is 2. The van der Waals surface area contributed by atoms with Gasteiger partial charge in [-0.2, -0.15) is 0 Å². The van der Waals surface area contributed by atoms with Gasteiger partial charge in [-0.1, -0.05) is 19.1 Å². The van der Waals surface area contributed by atoms with E-state index in [9.17, 15) is 4.39 Å². The molecule has 0 saturated heterocycles. The van der Waals surface area contributed by atoms with Gasteiger partial charge in [0.05, 0.1) is 6.61 Å². The predicted octanol–water partition coefficient (Wildman–Crippen LogP) is 3.21. The summed E-state index contributed by atoms with van der Waals surface area (Å²) in [6.07, 6.45) is 1.04. The lowest BCUT2D eigenvalue weighted by Gasteiger charge is -2.14. The second kappa shape index (κ2) is 7.41. The highest BCUT2D eigenvalue weighted by Crippen LogP contribution is 2.15. The highest BCUT2D eigenvalue weighted by atomic mass is 19.1. The smallest absolute Gasteiger partial charge is 0.126 e. The normalized spacial score (nSPS) is 12.7. The predicted molar refractivity (Wildman–Crippen MR) is 68.7 cm³/mol. The van der Waals surface area contributed by atoms with E-state index in [0.29, 0.717) is 12.2 Å². The van der Waals surface area contributed by atoms with Crippen molar-refractivity contribution in [3.05, 3.63) is 35.1 Å². The van der Waals surface area contributed by atoms with Crippen molar-refractivity contribution in [2.75, 3.05) is 19.8 Å². The third-order valence-corrected chi connectivity index (χ3v) is 2.74. The Balaban J connectivity index is 2.36. The summed E-state index contributed by atoms with van der Waals surface area (Å²) in [5.41, 5.74) is 1.66. The molecule has 1 atom stereocenters. The van der Waals surface area contributed by atoms with Crippen LogP contribution in [0.5, 0.6) is 0 Å². The van der Waals surface area contributed by atoms with Crippen LogP contribution in [0.3, 0.4) is 0 Å². The number of hydrogen-bond donors (Lipinski definition) is 1. The van der Waals surface area contributed by atoms with Crippen molar-refractivity contribution in [1.82, 2.24) is 5.32 Å². The standard InChI is InChI=1S/C14H22FNO/c1-4-8-17-9-7-16-12(3)13-6-5-11(2)14(15)10-13/h5-6,10,12,16H,4,7-9H2,1-3H3. The van der Waals surface area contributed by atoms with Gasteiger partial charge in [0.25, 0.3) is 0 Å². The van der Waals surface area contributed by atoms with E-state index in [2.05, 4.69) is 12.2 Å². The largest absolute Gasteiger partial charge is 0.380 e. The minimum absolute atomic E-state index is 0.140. The van der Waals surface area contributed by atoms with Crippen LogP contribution in [0.15, 0.2) is 18.2 Å². The zero-order chi connectivity index (χ0) is 12.7. The van der Waals surface area contributed by atoms with Crippen LogP contribution in [0.2, 0.25) is 0 Å². The Kier molecular flexibility index (Phi) is 6.16. The van der Waals surface area contributed by atoms with Crippen molar-refractivity contribution in [3.63, 3.8) is 0 Å². The highest BCUT2D eigenvalue weighted by Gasteiger charge is 2.06. The van der Waals surface area contributed by atoms with E-state index in [4.69, 9.17) is 4.74 Å². The SMILES string of the molecule is CCCOCCNC(C)c1ccc(C)c(F)c1. The maximum Gasteiger partial charge on any atom is 0.126 e. The molecular formula is C14H22FNO. The molecule has 0 radical (unpaired) electrons. The van der Waals surface area contributed by atoms with Gasteiger partial charge >= 0.3 is 0 Å². The number of halogens is 1. The summed E-state index contributed by atoms with van der Waals surface area (Å²) in [5.74, 6) is -0.140. The molecule has 0 amide bonds. The fourth-order valence-corrected chi connectivity index (χ4v) is 1.59. The zero-order valence-electron chi connectivity index (χ0n) is 10.9. The Morgan fingerprint density at radius 1 is 1.35 bits per heavy atom. The molecule has 0 aromatic heterocycles. The molecule has 1 aromatic carbocycles. The first-order valence-corrected chi connectivity index (χ1v) is 6.22. The quantitative estimate of drug-likeness (QED) is 0.738. The van der Waals surface area contributed by atoms with E-state index in [0.717, 1.165) is 25.1 Å². The summed E-state index contributed by atoms with van der Waals surface area (Å²) in [6.45, 7) is 8.18. The number of benzene rings is 1. The molecule has 0 fully saturated rings. The van der Waals surface area contributed by atoms with Crippen molar-refractivity contribution in [2.45, 2.75) is 33.2 Å². The van der Waals surface area contributed by atoms with Gasteiger partial charge in [0.1, 0.15) is 5.82 Å². The van der Waals surface area contributed by atoms with Crippen molar-refractivity contribution in [1.29, 1.82) is 0 Å². The van der Waals surface area contributed by atoms with Gasteiger partial charge in [-0.25, -0.2) is 4.39 Å². The molecule has 96 valence electrons. The second-order valence-corrected chi connectivity index (χ2v) is 4.30. The molecule has 0 aliphatic rings.